The molecule has 0 unspecified atom stereocenters. The van der Waals surface area contributed by atoms with Gasteiger partial charge in [-0.05, 0) is 43.9 Å². The molecule has 0 radical (unpaired) electrons. The van der Waals surface area contributed by atoms with E-state index in [4.69, 9.17) is 10.5 Å². The van der Waals surface area contributed by atoms with Gasteiger partial charge in [-0.1, -0.05) is 12.1 Å². The second-order valence-corrected chi connectivity index (χ2v) is 6.73. The van der Waals surface area contributed by atoms with Gasteiger partial charge in [-0.25, -0.2) is 9.97 Å². The second kappa shape index (κ2) is 6.35. The summed E-state index contributed by atoms with van der Waals surface area (Å²) in [5.41, 5.74) is 7.52. The van der Waals surface area contributed by atoms with Crippen LogP contribution >= 0.6 is 0 Å². The lowest BCUT2D eigenvalue weighted by Crippen LogP contribution is -2.28. The van der Waals surface area contributed by atoms with Gasteiger partial charge < -0.3 is 15.8 Å². The first-order chi connectivity index (χ1) is 12.2. The summed E-state index contributed by atoms with van der Waals surface area (Å²) in [5.74, 6) is 2.46. The third-order valence-corrected chi connectivity index (χ3v) is 4.75. The molecule has 0 bridgehead atoms. The van der Waals surface area contributed by atoms with Crippen molar-refractivity contribution in [3.8, 4) is 5.75 Å². The number of hydrogen-bond donors (Lipinski definition) is 2. The van der Waals surface area contributed by atoms with Crippen molar-refractivity contribution >= 4 is 11.7 Å². The minimum atomic E-state index is -0.196. The predicted molar refractivity (Wildman–Crippen MR) is 94.6 cm³/mol. The van der Waals surface area contributed by atoms with Crippen molar-refractivity contribution in [3.63, 3.8) is 0 Å². The van der Waals surface area contributed by atoms with E-state index >= 15 is 0 Å². The van der Waals surface area contributed by atoms with Gasteiger partial charge in [0.15, 0.2) is 0 Å². The zero-order valence-corrected chi connectivity index (χ0v) is 14.2. The van der Waals surface area contributed by atoms with Crippen molar-refractivity contribution in [1.29, 1.82) is 0 Å². The molecule has 2 aliphatic carbocycles. The summed E-state index contributed by atoms with van der Waals surface area (Å²) in [7, 11) is 0. The number of amides is 1. The highest BCUT2D eigenvalue weighted by Crippen LogP contribution is 2.41. The zero-order chi connectivity index (χ0) is 17.4. The van der Waals surface area contributed by atoms with Gasteiger partial charge in [0.25, 0.3) is 5.91 Å². The first-order valence-electron chi connectivity index (χ1n) is 8.81. The Kier molecular flexibility index (Phi) is 4.03. The van der Waals surface area contributed by atoms with Crippen LogP contribution in [0.4, 0.5) is 5.82 Å². The van der Waals surface area contributed by atoms with Crippen LogP contribution in [-0.4, -0.2) is 28.5 Å². The van der Waals surface area contributed by atoms with Crippen LogP contribution in [0.25, 0.3) is 0 Å². The molecule has 4 rings (SSSR count). The lowest BCUT2D eigenvalue weighted by atomic mass is 10.1. The quantitative estimate of drug-likeness (QED) is 0.845. The Morgan fingerprint density at radius 2 is 2.08 bits per heavy atom. The van der Waals surface area contributed by atoms with Gasteiger partial charge in [-0.15, -0.1) is 0 Å². The average Bonchev–Trinajstić information content (AvgIpc) is 3.50. The molecule has 1 heterocycles. The Bertz CT molecular complexity index is 787. The molecule has 2 saturated carbocycles. The Balaban J connectivity index is 1.37. The van der Waals surface area contributed by atoms with Crippen LogP contribution in [0.5, 0.6) is 5.75 Å². The van der Waals surface area contributed by atoms with E-state index in [1.54, 1.807) is 6.20 Å². The number of carbonyl (C=O) groups is 1. The van der Waals surface area contributed by atoms with E-state index in [1.165, 1.54) is 5.56 Å². The fourth-order valence-corrected chi connectivity index (χ4v) is 3.07. The van der Waals surface area contributed by atoms with Crippen LogP contribution in [0.3, 0.4) is 0 Å². The van der Waals surface area contributed by atoms with Gasteiger partial charge in [0, 0.05) is 24.1 Å². The third-order valence-electron chi connectivity index (χ3n) is 4.75. The number of benzene rings is 1. The molecule has 25 heavy (non-hydrogen) atoms. The molecule has 2 atom stereocenters. The van der Waals surface area contributed by atoms with Crippen molar-refractivity contribution in [2.75, 3.05) is 12.3 Å². The number of hydrogen-bond acceptors (Lipinski definition) is 5. The number of nitrogens with zero attached hydrogens (tertiary/aromatic N) is 2. The Morgan fingerprint density at radius 3 is 2.72 bits per heavy atom. The fraction of sp³-hybridized carbons (Fsp3) is 0.421. The molecule has 0 spiro atoms. The van der Waals surface area contributed by atoms with Gasteiger partial charge >= 0.3 is 0 Å². The largest absolute Gasteiger partial charge is 0.494 e. The number of nitrogens with two attached hydrogens (primary N) is 1. The topological polar surface area (TPSA) is 90.1 Å². The molecule has 2 fully saturated rings. The molecule has 0 aliphatic heterocycles. The van der Waals surface area contributed by atoms with Crippen LogP contribution < -0.4 is 15.8 Å². The fourth-order valence-electron chi connectivity index (χ4n) is 3.07. The van der Waals surface area contributed by atoms with Crippen molar-refractivity contribution in [2.24, 2.45) is 0 Å². The Hall–Kier alpha value is -2.63. The molecule has 6 nitrogen and oxygen atoms in total. The van der Waals surface area contributed by atoms with Crippen molar-refractivity contribution in [1.82, 2.24) is 15.3 Å². The molecule has 2 aromatic rings. The van der Waals surface area contributed by atoms with Gasteiger partial charge in [-0.2, -0.15) is 0 Å². The van der Waals surface area contributed by atoms with E-state index in [0.29, 0.717) is 24.0 Å². The molecule has 1 aromatic heterocycles. The second-order valence-electron chi connectivity index (χ2n) is 6.73. The van der Waals surface area contributed by atoms with E-state index in [0.717, 1.165) is 30.8 Å². The molecule has 130 valence electrons. The summed E-state index contributed by atoms with van der Waals surface area (Å²) in [6.07, 6.45) is 4.70. The molecular weight excluding hydrogens is 316 g/mol. The van der Waals surface area contributed by atoms with Crippen molar-refractivity contribution in [3.05, 3.63) is 47.4 Å². The van der Waals surface area contributed by atoms with Crippen LogP contribution in [0.1, 0.15) is 59.8 Å². The summed E-state index contributed by atoms with van der Waals surface area (Å²) in [6, 6.07) is 8.19. The monoisotopic (exact) mass is 338 g/mol. The highest BCUT2D eigenvalue weighted by Gasteiger charge is 2.40. The average molecular weight is 338 g/mol. The van der Waals surface area contributed by atoms with Gasteiger partial charge in [-0.3, -0.25) is 4.79 Å². The maximum atomic E-state index is 12.4. The first-order valence-corrected chi connectivity index (χ1v) is 8.81. The first kappa shape index (κ1) is 15.9. The van der Waals surface area contributed by atoms with E-state index in [-0.39, 0.29) is 17.8 Å². The standard InChI is InChI=1S/C19H22N4O2/c1-2-25-13-7-5-11(6-8-13)14-9-16(14)22-19(24)15-10-21-18(12-3-4-12)23-17(15)20/h5-8,10,12,14,16H,2-4,9H2,1H3,(H,22,24)(H2,20,21,23)/t14-,16+/m0/s1. The molecule has 1 amide bonds. The van der Waals surface area contributed by atoms with E-state index in [1.807, 2.05) is 19.1 Å². The van der Waals surface area contributed by atoms with Crippen LogP contribution in [0, 0.1) is 0 Å². The molecule has 0 saturated heterocycles. The molecular formula is C19H22N4O2. The van der Waals surface area contributed by atoms with E-state index < -0.39 is 0 Å². The van der Waals surface area contributed by atoms with Crippen LogP contribution in [0.15, 0.2) is 30.5 Å². The van der Waals surface area contributed by atoms with Crippen molar-refractivity contribution < 1.29 is 9.53 Å². The highest BCUT2D eigenvalue weighted by atomic mass is 16.5. The highest BCUT2D eigenvalue weighted by molar-refractivity contribution is 5.98. The number of rotatable bonds is 6. The predicted octanol–water partition coefficient (Wildman–Crippen LogP) is 2.62. The lowest BCUT2D eigenvalue weighted by Gasteiger charge is -2.08. The summed E-state index contributed by atoms with van der Waals surface area (Å²) >= 11 is 0. The van der Waals surface area contributed by atoms with Crippen molar-refractivity contribution in [2.45, 2.75) is 44.1 Å². The third kappa shape index (κ3) is 3.43. The zero-order valence-electron chi connectivity index (χ0n) is 14.2. The van der Waals surface area contributed by atoms with E-state index in [2.05, 4.69) is 27.4 Å². The minimum absolute atomic E-state index is 0.132. The number of anilines is 1. The smallest absolute Gasteiger partial charge is 0.256 e. The number of aromatic nitrogens is 2. The van der Waals surface area contributed by atoms with Crippen LogP contribution in [0.2, 0.25) is 0 Å². The Labute approximate surface area is 146 Å². The van der Waals surface area contributed by atoms with Gasteiger partial charge in [0.2, 0.25) is 0 Å². The molecule has 2 aliphatic rings. The van der Waals surface area contributed by atoms with E-state index in [9.17, 15) is 4.79 Å². The molecule has 3 N–H and O–H groups in total. The SMILES string of the molecule is CCOc1ccc([C@@H]2C[C@H]2NC(=O)c2cnc(C3CC3)nc2N)cc1. The minimum Gasteiger partial charge on any atom is -0.494 e. The molecule has 1 aromatic carbocycles. The maximum absolute atomic E-state index is 12.4. The summed E-state index contributed by atoms with van der Waals surface area (Å²) < 4.78 is 5.46. The summed E-state index contributed by atoms with van der Waals surface area (Å²) in [6.45, 7) is 2.62. The molecule has 6 heteroatoms. The van der Waals surface area contributed by atoms with Gasteiger partial charge in [0.1, 0.15) is 17.4 Å². The number of nitrogen functional groups attached to an aromatic ring is 1. The normalized spacial score (nSPS) is 21.6. The number of ether oxygens (including phenoxy) is 1. The Morgan fingerprint density at radius 1 is 1.32 bits per heavy atom. The number of nitrogens with one attached hydrogen (secondary N) is 1. The summed E-state index contributed by atoms with van der Waals surface area (Å²) in [5, 5.41) is 3.03. The van der Waals surface area contributed by atoms with Gasteiger partial charge in [0.05, 0.1) is 12.2 Å². The number of carbonyl (C=O) groups excluding carboxylic acids is 1. The van der Waals surface area contributed by atoms with Crippen LogP contribution in [-0.2, 0) is 0 Å². The maximum Gasteiger partial charge on any atom is 0.256 e. The summed E-state index contributed by atoms with van der Waals surface area (Å²) in [4.78, 5) is 21.0. The lowest BCUT2D eigenvalue weighted by molar-refractivity contribution is 0.0950.